The lowest BCUT2D eigenvalue weighted by Crippen LogP contribution is -2.04. The van der Waals surface area contributed by atoms with Gasteiger partial charge in [0.05, 0.1) is 4.88 Å². The molecular weight excluding hydrogens is 206 g/mol. The number of aromatic nitrogens is 3. The van der Waals surface area contributed by atoms with Gasteiger partial charge in [0.1, 0.15) is 6.33 Å². The number of hydrogen-bond donors (Lipinski definition) is 0. The summed E-state index contributed by atoms with van der Waals surface area (Å²) in [4.78, 5) is 1.23. The molecule has 0 N–H and O–H groups in total. The molecule has 0 aliphatic carbocycles. The number of nitrogens with zero attached hydrogens (tertiary/aromatic N) is 3. The highest BCUT2D eigenvalue weighted by atomic mass is 32.1. The molecule has 80 valence electrons. The molecule has 2 heterocycles. The van der Waals surface area contributed by atoms with Crippen molar-refractivity contribution in [3.63, 3.8) is 0 Å². The minimum absolute atomic E-state index is 0.611. The van der Waals surface area contributed by atoms with Gasteiger partial charge >= 0.3 is 0 Å². The molecule has 0 unspecified atom stereocenters. The van der Waals surface area contributed by atoms with Gasteiger partial charge in [0.25, 0.3) is 0 Å². The van der Waals surface area contributed by atoms with E-state index in [2.05, 4.69) is 47.0 Å². The molecule has 3 nitrogen and oxygen atoms in total. The van der Waals surface area contributed by atoms with Gasteiger partial charge in [-0.25, -0.2) is 0 Å². The van der Waals surface area contributed by atoms with Crippen LogP contribution in [0.25, 0.3) is 10.7 Å². The highest BCUT2D eigenvalue weighted by Crippen LogP contribution is 2.27. The fourth-order valence-corrected chi connectivity index (χ4v) is 2.49. The Morgan fingerprint density at radius 2 is 2.27 bits per heavy atom. The van der Waals surface area contributed by atoms with Gasteiger partial charge in [-0.15, -0.1) is 21.5 Å². The van der Waals surface area contributed by atoms with Crippen LogP contribution in [0.15, 0.2) is 17.8 Å². The molecule has 0 radical (unpaired) electrons. The highest BCUT2D eigenvalue weighted by molar-refractivity contribution is 7.13. The summed E-state index contributed by atoms with van der Waals surface area (Å²) in [5.41, 5.74) is 1.28. The molecule has 0 fully saturated rings. The molecule has 15 heavy (non-hydrogen) atoms. The van der Waals surface area contributed by atoms with Gasteiger partial charge in [0.2, 0.25) is 0 Å². The first-order valence-corrected chi connectivity index (χ1v) is 5.98. The van der Waals surface area contributed by atoms with E-state index in [0.717, 1.165) is 12.4 Å². The molecule has 0 saturated carbocycles. The van der Waals surface area contributed by atoms with E-state index in [1.165, 1.54) is 10.4 Å². The molecule has 0 bridgehead atoms. The lowest BCUT2D eigenvalue weighted by molar-refractivity contribution is 0.525. The van der Waals surface area contributed by atoms with Crippen molar-refractivity contribution in [2.45, 2.75) is 27.3 Å². The van der Waals surface area contributed by atoms with E-state index >= 15 is 0 Å². The van der Waals surface area contributed by atoms with Gasteiger partial charge in [-0.05, 0) is 29.9 Å². The Kier molecular flexibility index (Phi) is 2.86. The average molecular weight is 221 g/mol. The number of thiophene rings is 1. The summed E-state index contributed by atoms with van der Waals surface area (Å²) in [6, 6.07) is 2.12. The van der Waals surface area contributed by atoms with Crippen molar-refractivity contribution in [3.8, 4) is 10.7 Å². The van der Waals surface area contributed by atoms with Crippen LogP contribution < -0.4 is 0 Å². The predicted molar refractivity (Wildman–Crippen MR) is 62.9 cm³/mol. The second-order valence-electron chi connectivity index (χ2n) is 4.13. The van der Waals surface area contributed by atoms with Crippen LogP contribution in [0.3, 0.4) is 0 Å². The zero-order chi connectivity index (χ0) is 10.8. The lowest BCUT2D eigenvalue weighted by Gasteiger charge is -2.08. The Balaban J connectivity index is 2.37. The Labute approximate surface area is 93.8 Å². The Morgan fingerprint density at radius 1 is 1.47 bits per heavy atom. The number of rotatable bonds is 3. The van der Waals surface area contributed by atoms with Gasteiger partial charge in [0, 0.05) is 6.54 Å². The summed E-state index contributed by atoms with van der Waals surface area (Å²) in [5.74, 6) is 1.61. The van der Waals surface area contributed by atoms with Gasteiger partial charge in [-0.2, -0.15) is 0 Å². The summed E-state index contributed by atoms with van der Waals surface area (Å²) in [7, 11) is 0. The number of aryl methyl sites for hydroxylation is 1. The smallest absolute Gasteiger partial charge is 0.174 e. The van der Waals surface area contributed by atoms with Gasteiger partial charge in [0.15, 0.2) is 5.82 Å². The highest BCUT2D eigenvalue weighted by Gasteiger charge is 2.11. The van der Waals surface area contributed by atoms with E-state index in [-0.39, 0.29) is 0 Å². The maximum absolute atomic E-state index is 4.20. The molecule has 2 aromatic heterocycles. The monoisotopic (exact) mass is 221 g/mol. The predicted octanol–water partition coefficient (Wildman–Crippen LogP) is 2.97. The summed E-state index contributed by atoms with van der Waals surface area (Å²) < 4.78 is 2.13. The maximum Gasteiger partial charge on any atom is 0.174 e. The van der Waals surface area contributed by atoms with Crippen LogP contribution >= 0.6 is 11.3 Å². The standard InChI is InChI=1S/C11H15N3S/c1-8(2)6-14-7-12-13-11(14)10-9(3)4-5-15-10/h4-5,7-8H,6H2,1-3H3. The third kappa shape index (κ3) is 2.09. The van der Waals surface area contributed by atoms with Gasteiger partial charge in [-0.1, -0.05) is 13.8 Å². The molecule has 0 saturated heterocycles. The van der Waals surface area contributed by atoms with Crippen LogP contribution in [0.2, 0.25) is 0 Å². The molecule has 0 atom stereocenters. The molecule has 2 aromatic rings. The van der Waals surface area contributed by atoms with E-state index in [9.17, 15) is 0 Å². The first-order valence-electron chi connectivity index (χ1n) is 5.10. The van der Waals surface area contributed by atoms with E-state index in [0.29, 0.717) is 5.92 Å². The molecular formula is C11H15N3S. The van der Waals surface area contributed by atoms with Crippen molar-refractivity contribution in [1.82, 2.24) is 14.8 Å². The Hall–Kier alpha value is -1.16. The molecule has 0 aliphatic rings. The summed E-state index contributed by atoms with van der Waals surface area (Å²) in [5, 5.41) is 10.3. The molecule has 0 aromatic carbocycles. The third-order valence-electron chi connectivity index (χ3n) is 2.24. The molecule has 0 spiro atoms. The fraction of sp³-hybridized carbons (Fsp3) is 0.455. The van der Waals surface area contributed by atoms with Crippen LogP contribution in [0.4, 0.5) is 0 Å². The summed E-state index contributed by atoms with van der Waals surface area (Å²) in [6.45, 7) is 7.48. The topological polar surface area (TPSA) is 30.7 Å². The zero-order valence-electron chi connectivity index (χ0n) is 9.27. The van der Waals surface area contributed by atoms with Crippen LogP contribution in [-0.2, 0) is 6.54 Å². The zero-order valence-corrected chi connectivity index (χ0v) is 10.1. The summed E-state index contributed by atoms with van der Waals surface area (Å²) in [6.07, 6.45) is 1.81. The van der Waals surface area contributed by atoms with Crippen LogP contribution in [0.1, 0.15) is 19.4 Å². The number of hydrogen-bond acceptors (Lipinski definition) is 3. The van der Waals surface area contributed by atoms with Crippen molar-refractivity contribution in [3.05, 3.63) is 23.3 Å². The SMILES string of the molecule is Cc1ccsc1-c1nncn1CC(C)C. The average Bonchev–Trinajstić information content (AvgIpc) is 2.73. The molecule has 2 rings (SSSR count). The van der Waals surface area contributed by atoms with Crippen molar-refractivity contribution >= 4 is 11.3 Å². The largest absolute Gasteiger partial charge is 0.313 e. The van der Waals surface area contributed by atoms with Crippen LogP contribution in [0, 0.1) is 12.8 Å². The van der Waals surface area contributed by atoms with Crippen LogP contribution in [-0.4, -0.2) is 14.8 Å². The quantitative estimate of drug-likeness (QED) is 0.797. The first-order chi connectivity index (χ1) is 7.18. The second-order valence-corrected chi connectivity index (χ2v) is 5.05. The van der Waals surface area contributed by atoms with Gasteiger partial charge in [-0.3, -0.25) is 0 Å². The van der Waals surface area contributed by atoms with Gasteiger partial charge < -0.3 is 4.57 Å². The minimum atomic E-state index is 0.611. The molecule has 0 aliphatic heterocycles. The maximum atomic E-state index is 4.20. The van der Waals surface area contributed by atoms with E-state index in [1.54, 1.807) is 11.3 Å². The van der Waals surface area contributed by atoms with Crippen molar-refractivity contribution in [1.29, 1.82) is 0 Å². The Bertz CT molecular complexity index is 442. The Morgan fingerprint density at radius 3 is 2.87 bits per heavy atom. The third-order valence-corrected chi connectivity index (χ3v) is 3.25. The van der Waals surface area contributed by atoms with Crippen molar-refractivity contribution in [2.24, 2.45) is 5.92 Å². The van der Waals surface area contributed by atoms with Crippen LogP contribution in [0.5, 0.6) is 0 Å². The second kappa shape index (κ2) is 4.14. The van der Waals surface area contributed by atoms with Crippen molar-refractivity contribution < 1.29 is 0 Å². The van der Waals surface area contributed by atoms with E-state index < -0.39 is 0 Å². The van der Waals surface area contributed by atoms with E-state index in [1.807, 2.05) is 6.33 Å². The van der Waals surface area contributed by atoms with Crippen molar-refractivity contribution in [2.75, 3.05) is 0 Å². The molecule has 4 heteroatoms. The lowest BCUT2D eigenvalue weighted by atomic mass is 10.2. The summed E-state index contributed by atoms with van der Waals surface area (Å²) >= 11 is 1.73. The minimum Gasteiger partial charge on any atom is -0.313 e. The molecule has 0 amide bonds. The first kappa shape index (κ1) is 10.4. The fourth-order valence-electron chi connectivity index (χ4n) is 1.56. The van der Waals surface area contributed by atoms with E-state index in [4.69, 9.17) is 0 Å². The normalized spacial score (nSPS) is 11.2.